The highest BCUT2D eigenvalue weighted by atomic mass is 16.5. The predicted octanol–water partition coefficient (Wildman–Crippen LogP) is 2.28. The van der Waals surface area contributed by atoms with Crippen molar-refractivity contribution in [3.63, 3.8) is 0 Å². The van der Waals surface area contributed by atoms with Gasteiger partial charge in [-0.25, -0.2) is 9.59 Å². The van der Waals surface area contributed by atoms with Gasteiger partial charge in [-0.15, -0.1) is 0 Å². The number of carbonyl (C=O) groups excluding carboxylic acids is 4. The maximum Gasteiger partial charge on any atom is 0.340 e. The first kappa shape index (κ1) is 18.9. The Morgan fingerprint density at radius 2 is 1.31 bits per heavy atom. The van der Waals surface area contributed by atoms with E-state index in [0.29, 0.717) is 29.6 Å². The molecule has 0 aromatic rings. The van der Waals surface area contributed by atoms with Crippen molar-refractivity contribution >= 4 is 36.1 Å². The molecular formula is C18H18N2O6. The maximum atomic E-state index is 12.5. The van der Waals surface area contributed by atoms with E-state index in [0.717, 1.165) is 0 Å². The Kier molecular flexibility index (Phi) is 6.26. The normalized spacial score (nSPS) is 10.1. The second kappa shape index (κ2) is 8.61. The molecule has 136 valence electrons. The Morgan fingerprint density at radius 1 is 0.846 bits per heavy atom. The van der Waals surface area contributed by atoms with Crippen LogP contribution in [0.1, 0.15) is 34.6 Å². The van der Waals surface area contributed by atoms with Crippen LogP contribution >= 0.6 is 0 Å². The van der Waals surface area contributed by atoms with Crippen molar-refractivity contribution in [3.8, 4) is 11.1 Å². The predicted molar refractivity (Wildman–Crippen MR) is 94.4 cm³/mol. The first-order valence-corrected chi connectivity index (χ1v) is 7.93. The zero-order chi connectivity index (χ0) is 19.1. The number of rotatable bonds is 8. The molecule has 0 bridgehead atoms. The van der Waals surface area contributed by atoms with E-state index in [1.807, 2.05) is 0 Å². The van der Waals surface area contributed by atoms with Crippen LogP contribution in [0.2, 0.25) is 0 Å². The lowest BCUT2D eigenvalue weighted by Gasteiger charge is -2.06. The third-order valence-electron chi connectivity index (χ3n) is 3.58. The summed E-state index contributed by atoms with van der Waals surface area (Å²) in [4.78, 5) is 46.6. The van der Waals surface area contributed by atoms with Gasteiger partial charge in [0.05, 0.1) is 30.0 Å². The largest absolute Gasteiger partial charge is 0.462 e. The fourth-order valence-corrected chi connectivity index (χ4v) is 2.61. The van der Waals surface area contributed by atoms with Crippen LogP contribution in [0.25, 0.3) is 11.1 Å². The van der Waals surface area contributed by atoms with E-state index >= 15 is 0 Å². The summed E-state index contributed by atoms with van der Waals surface area (Å²) in [6.07, 6.45) is 0.886. The summed E-state index contributed by atoms with van der Waals surface area (Å²) in [6.45, 7) is 3.54. The van der Waals surface area contributed by atoms with Crippen molar-refractivity contribution in [3.05, 3.63) is 35.4 Å². The molecule has 0 fully saturated rings. The summed E-state index contributed by atoms with van der Waals surface area (Å²) < 4.78 is 10.1. The average Bonchev–Trinajstić information content (AvgIpc) is 2.77. The van der Waals surface area contributed by atoms with Gasteiger partial charge in [-0.1, -0.05) is 12.1 Å². The van der Waals surface area contributed by atoms with Gasteiger partial charge in [-0.3, -0.25) is 9.59 Å². The minimum absolute atomic E-state index is 0.0306. The summed E-state index contributed by atoms with van der Waals surface area (Å²) in [6, 6.07) is 6.26. The Balaban J connectivity index is 2.81. The van der Waals surface area contributed by atoms with Crippen LogP contribution in [0.4, 0.5) is 11.4 Å². The number of ether oxygens (including phenoxy) is 2. The highest BCUT2D eigenvalue weighted by molar-refractivity contribution is 6.17. The number of fused-ring (bicyclic) bond motifs is 1. The third kappa shape index (κ3) is 3.64. The summed E-state index contributed by atoms with van der Waals surface area (Å²) in [5, 5.41) is 4.90. The molecule has 0 spiro atoms. The van der Waals surface area contributed by atoms with E-state index < -0.39 is 11.9 Å². The zero-order valence-corrected chi connectivity index (χ0v) is 14.3. The van der Waals surface area contributed by atoms with Crippen LogP contribution in [0.5, 0.6) is 0 Å². The van der Waals surface area contributed by atoms with E-state index in [1.54, 1.807) is 38.1 Å². The number of hydrogen-bond acceptors (Lipinski definition) is 6. The first-order valence-electron chi connectivity index (χ1n) is 7.93. The zero-order valence-electron chi connectivity index (χ0n) is 14.3. The third-order valence-corrected chi connectivity index (χ3v) is 3.58. The minimum Gasteiger partial charge on any atom is -0.462 e. The highest BCUT2D eigenvalue weighted by Crippen LogP contribution is 2.41. The summed E-state index contributed by atoms with van der Waals surface area (Å²) >= 11 is 0. The molecule has 2 N–H and O–H groups in total. The van der Waals surface area contributed by atoms with Crippen molar-refractivity contribution in [2.24, 2.45) is 0 Å². The smallest absolute Gasteiger partial charge is 0.340 e. The van der Waals surface area contributed by atoms with E-state index in [4.69, 9.17) is 9.47 Å². The highest BCUT2D eigenvalue weighted by Gasteiger charge is 2.32. The van der Waals surface area contributed by atoms with E-state index in [2.05, 4.69) is 10.6 Å². The Morgan fingerprint density at radius 3 is 1.69 bits per heavy atom. The molecule has 0 saturated carbocycles. The van der Waals surface area contributed by atoms with Gasteiger partial charge in [0.25, 0.3) is 0 Å². The molecule has 8 nitrogen and oxygen atoms in total. The molecule has 2 aliphatic rings. The van der Waals surface area contributed by atoms with Crippen LogP contribution in [0, 0.1) is 0 Å². The molecule has 26 heavy (non-hydrogen) atoms. The summed E-state index contributed by atoms with van der Waals surface area (Å²) in [5.74, 6) is -1.37. The van der Waals surface area contributed by atoms with Crippen LogP contribution in [0.3, 0.4) is 0 Å². The number of esters is 2. The SMILES string of the molecule is CCOC(=O)c1c2ccc(NC=O)ccc-2c(C(=O)OCC)c1NC=O. The number of hydrogen-bond donors (Lipinski definition) is 2. The second-order valence-corrected chi connectivity index (χ2v) is 5.04. The maximum absolute atomic E-state index is 12.5. The molecule has 2 rings (SSSR count). The first-order chi connectivity index (χ1) is 12.6. The van der Waals surface area contributed by atoms with Crippen molar-refractivity contribution < 1.29 is 28.7 Å². The molecule has 0 aliphatic heterocycles. The molecule has 0 atom stereocenters. The number of carbonyl (C=O) groups is 4. The fourth-order valence-electron chi connectivity index (χ4n) is 2.61. The van der Waals surface area contributed by atoms with Crippen LogP contribution < -0.4 is 10.6 Å². The lowest BCUT2D eigenvalue weighted by Crippen LogP contribution is -2.11. The van der Waals surface area contributed by atoms with Crippen molar-refractivity contribution in [2.45, 2.75) is 13.8 Å². The topological polar surface area (TPSA) is 111 Å². The Hall–Kier alpha value is -3.42. The second-order valence-electron chi connectivity index (χ2n) is 5.04. The Bertz CT molecular complexity index is 762. The number of anilines is 2. The molecule has 2 aliphatic carbocycles. The molecule has 2 amide bonds. The van der Waals surface area contributed by atoms with Gasteiger partial charge in [-0.2, -0.15) is 0 Å². The van der Waals surface area contributed by atoms with Crippen LogP contribution in [0.15, 0.2) is 24.3 Å². The van der Waals surface area contributed by atoms with Gasteiger partial charge in [0, 0.05) is 5.69 Å². The van der Waals surface area contributed by atoms with Crippen molar-refractivity contribution in [1.29, 1.82) is 0 Å². The molecule has 0 aromatic carbocycles. The monoisotopic (exact) mass is 358 g/mol. The van der Waals surface area contributed by atoms with Gasteiger partial charge in [0.1, 0.15) is 0 Å². The molecule has 0 radical (unpaired) electrons. The molecule has 8 heteroatoms. The van der Waals surface area contributed by atoms with Gasteiger partial charge in [0.15, 0.2) is 0 Å². The van der Waals surface area contributed by atoms with Gasteiger partial charge in [-0.05, 0) is 37.1 Å². The van der Waals surface area contributed by atoms with Gasteiger partial charge < -0.3 is 20.1 Å². The minimum atomic E-state index is -0.687. The van der Waals surface area contributed by atoms with Crippen molar-refractivity contribution in [2.75, 3.05) is 23.8 Å². The molecule has 0 unspecified atom stereocenters. The summed E-state index contributed by atoms with van der Waals surface area (Å²) in [7, 11) is 0. The van der Waals surface area contributed by atoms with Gasteiger partial charge >= 0.3 is 11.9 Å². The lowest BCUT2D eigenvalue weighted by molar-refractivity contribution is -0.106. The van der Waals surface area contributed by atoms with E-state index in [9.17, 15) is 19.2 Å². The molecule has 0 heterocycles. The standard InChI is InChI=1S/C18H18N2O6/c1-3-25-17(23)14-12-7-5-11(19-9-21)6-8-13(12)15(16(14)20-10-22)18(24)26-4-2/h5-10H,3-4H2,1-2H3,(H,19,21)(H,20,22). The molecular weight excluding hydrogens is 340 g/mol. The average molecular weight is 358 g/mol. The molecule has 0 aromatic heterocycles. The van der Waals surface area contributed by atoms with E-state index in [1.165, 1.54) is 0 Å². The van der Waals surface area contributed by atoms with Gasteiger partial charge in [0.2, 0.25) is 12.8 Å². The van der Waals surface area contributed by atoms with E-state index in [-0.39, 0.29) is 30.0 Å². The quantitative estimate of drug-likeness (QED) is 0.553. The summed E-state index contributed by atoms with van der Waals surface area (Å²) in [5.41, 5.74) is 1.36. The van der Waals surface area contributed by atoms with Crippen LogP contribution in [-0.4, -0.2) is 38.0 Å². The number of amides is 2. The molecule has 0 saturated heterocycles. The van der Waals surface area contributed by atoms with Crippen molar-refractivity contribution in [1.82, 2.24) is 0 Å². The van der Waals surface area contributed by atoms with Crippen LogP contribution in [-0.2, 0) is 19.1 Å². The number of nitrogens with one attached hydrogen (secondary N) is 2. The Labute approximate surface area is 149 Å². The lowest BCUT2D eigenvalue weighted by atomic mass is 10.1. The fraction of sp³-hybridized carbons (Fsp3) is 0.222.